The second-order valence-corrected chi connectivity index (χ2v) is 11.7. The van der Waals surface area contributed by atoms with Crippen molar-refractivity contribution in [1.29, 1.82) is 0 Å². The van der Waals surface area contributed by atoms with Gasteiger partial charge in [0, 0.05) is 55.8 Å². The molecule has 254 valence electrons. The van der Waals surface area contributed by atoms with Crippen molar-refractivity contribution >= 4 is 71.4 Å². The molecule has 0 unspecified atom stereocenters. The van der Waals surface area contributed by atoms with Crippen LogP contribution < -0.4 is 10.2 Å². The number of benzene rings is 1. The van der Waals surface area contributed by atoms with E-state index in [1.54, 1.807) is 0 Å². The SMILES string of the molecule is C[C@@H]1CCCN1Cc1sc(NC(=O)c2cnc(N3CCN(CCC(=O)O)CC3)cn2)nc1-c1cc(F)cc(C(F)(F)F)c1.Cl.Cl.Cl. The first kappa shape index (κ1) is 39.4. The summed E-state index contributed by atoms with van der Waals surface area (Å²) in [5.41, 5.74) is -0.912. The van der Waals surface area contributed by atoms with Crippen molar-refractivity contribution in [3.63, 3.8) is 0 Å². The zero-order chi connectivity index (χ0) is 30.7. The lowest BCUT2D eigenvalue weighted by atomic mass is 10.1. The molecule has 0 saturated carbocycles. The van der Waals surface area contributed by atoms with Crippen LogP contribution in [0.25, 0.3) is 11.3 Å². The zero-order valence-electron chi connectivity index (χ0n) is 24.6. The fourth-order valence-corrected chi connectivity index (χ4v) is 6.26. The Hall–Kier alpha value is -2.82. The lowest BCUT2D eigenvalue weighted by Gasteiger charge is -2.34. The number of nitrogens with zero attached hydrogens (tertiary/aromatic N) is 6. The third-order valence-corrected chi connectivity index (χ3v) is 8.62. The minimum atomic E-state index is -4.73. The highest BCUT2D eigenvalue weighted by Gasteiger charge is 2.32. The molecule has 1 atom stereocenters. The summed E-state index contributed by atoms with van der Waals surface area (Å²) < 4.78 is 54.6. The van der Waals surface area contributed by atoms with Gasteiger partial charge >= 0.3 is 12.1 Å². The second-order valence-electron chi connectivity index (χ2n) is 10.7. The maximum absolute atomic E-state index is 14.3. The molecule has 1 amide bonds. The van der Waals surface area contributed by atoms with Crippen molar-refractivity contribution in [3.8, 4) is 11.3 Å². The van der Waals surface area contributed by atoms with Gasteiger partial charge in [0.2, 0.25) is 0 Å². The van der Waals surface area contributed by atoms with E-state index in [9.17, 15) is 27.2 Å². The molecular formula is C28H34Cl3F4N7O3S. The highest BCUT2D eigenvalue weighted by Crippen LogP contribution is 2.38. The predicted octanol–water partition coefficient (Wildman–Crippen LogP) is 5.86. The van der Waals surface area contributed by atoms with Crippen molar-refractivity contribution in [2.45, 2.75) is 44.9 Å². The Labute approximate surface area is 285 Å². The topological polar surface area (TPSA) is 115 Å². The number of carboxylic acid groups (broad SMARTS) is 1. The van der Waals surface area contributed by atoms with E-state index in [0.29, 0.717) is 56.0 Å². The number of hydrogen-bond donors (Lipinski definition) is 2. The quantitative estimate of drug-likeness (QED) is 0.262. The first-order valence-electron chi connectivity index (χ1n) is 13.9. The van der Waals surface area contributed by atoms with Crippen molar-refractivity contribution in [2.75, 3.05) is 49.5 Å². The summed E-state index contributed by atoms with van der Waals surface area (Å²) in [6.07, 6.45) is 0.162. The van der Waals surface area contributed by atoms with Crippen LogP contribution in [0.3, 0.4) is 0 Å². The third-order valence-electron chi connectivity index (χ3n) is 7.66. The van der Waals surface area contributed by atoms with Gasteiger partial charge in [0.05, 0.1) is 30.1 Å². The largest absolute Gasteiger partial charge is 0.481 e. The first-order chi connectivity index (χ1) is 20.5. The number of likely N-dealkylation sites (tertiary alicyclic amines) is 1. The van der Waals surface area contributed by atoms with E-state index in [4.69, 9.17) is 5.11 Å². The maximum atomic E-state index is 14.3. The number of thiazole rings is 1. The third kappa shape index (κ3) is 9.84. The van der Waals surface area contributed by atoms with E-state index < -0.39 is 29.4 Å². The predicted molar refractivity (Wildman–Crippen MR) is 174 cm³/mol. The van der Waals surface area contributed by atoms with Crippen LogP contribution in [0.15, 0.2) is 30.6 Å². The average molecular weight is 731 g/mol. The molecule has 1 aromatic carbocycles. The van der Waals surface area contributed by atoms with Crippen LogP contribution in [-0.4, -0.2) is 87.0 Å². The number of rotatable bonds is 9. The lowest BCUT2D eigenvalue weighted by molar-refractivity contribution is -0.138. The number of carboxylic acids is 1. The number of aliphatic carboxylic acids is 1. The van der Waals surface area contributed by atoms with Crippen LogP contribution in [0.4, 0.5) is 28.5 Å². The van der Waals surface area contributed by atoms with Crippen molar-refractivity contribution in [1.82, 2.24) is 24.8 Å². The highest BCUT2D eigenvalue weighted by molar-refractivity contribution is 7.16. The number of anilines is 2. The Balaban J connectivity index is 0.00000245. The van der Waals surface area contributed by atoms with Crippen LogP contribution in [0.1, 0.15) is 47.1 Å². The van der Waals surface area contributed by atoms with Gasteiger partial charge in [-0.05, 0) is 44.5 Å². The van der Waals surface area contributed by atoms with Crippen LogP contribution in [0, 0.1) is 5.82 Å². The van der Waals surface area contributed by atoms with Gasteiger partial charge in [-0.25, -0.2) is 19.3 Å². The number of halogens is 7. The normalized spacial score (nSPS) is 17.1. The standard InChI is InChI=1S/C28H31F4N7O3S.3ClH/c1-17-3-2-5-39(17)16-22-25(18-11-19(28(30,31)32)13-20(29)12-18)35-27(43-22)36-26(42)21-14-34-23(15-33-21)38-9-7-37(8-10-38)6-4-24(40)41;;;/h11-15,17H,2-10,16H2,1H3,(H,40,41)(H,35,36,42);3*1H/t17-;;;/m1.../s1. The summed E-state index contributed by atoms with van der Waals surface area (Å²) in [5.74, 6) is -1.87. The Morgan fingerprint density at radius 3 is 2.35 bits per heavy atom. The molecule has 10 nitrogen and oxygen atoms in total. The molecule has 2 aromatic heterocycles. The number of carbonyl (C=O) groups excluding carboxylic acids is 1. The molecule has 2 fully saturated rings. The van der Waals surface area contributed by atoms with Crippen LogP contribution >= 0.6 is 48.6 Å². The summed E-state index contributed by atoms with van der Waals surface area (Å²) in [4.78, 5) is 43.7. The molecule has 0 bridgehead atoms. The molecule has 2 saturated heterocycles. The molecule has 18 heteroatoms. The van der Waals surface area contributed by atoms with E-state index in [2.05, 4.69) is 37.0 Å². The van der Waals surface area contributed by atoms with Gasteiger partial charge in [-0.2, -0.15) is 13.2 Å². The number of amides is 1. The van der Waals surface area contributed by atoms with Crippen LogP contribution in [0.2, 0.25) is 0 Å². The number of carbonyl (C=O) groups is 2. The number of hydrogen-bond acceptors (Lipinski definition) is 9. The van der Waals surface area contributed by atoms with Crippen molar-refractivity contribution in [2.24, 2.45) is 0 Å². The fourth-order valence-electron chi connectivity index (χ4n) is 5.26. The summed E-state index contributed by atoms with van der Waals surface area (Å²) in [6.45, 7) is 6.40. The number of piperazine rings is 1. The number of aromatic nitrogens is 3. The van der Waals surface area contributed by atoms with Crippen molar-refractivity contribution in [3.05, 3.63) is 52.5 Å². The minimum absolute atomic E-state index is 0. The smallest absolute Gasteiger partial charge is 0.416 e. The van der Waals surface area contributed by atoms with E-state index in [-0.39, 0.29) is 71.8 Å². The van der Waals surface area contributed by atoms with Gasteiger partial charge in [-0.3, -0.25) is 24.7 Å². The van der Waals surface area contributed by atoms with Crippen molar-refractivity contribution < 1.29 is 32.3 Å². The van der Waals surface area contributed by atoms with Gasteiger partial charge < -0.3 is 10.0 Å². The van der Waals surface area contributed by atoms with E-state index in [1.807, 2.05) is 4.90 Å². The van der Waals surface area contributed by atoms with Gasteiger partial charge in [-0.1, -0.05) is 11.3 Å². The highest BCUT2D eigenvalue weighted by atomic mass is 35.5. The van der Waals surface area contributed by atoms with Crippen LogP contribution in [0.5, 0.6) is 0 Å². The number of nitrogens with one attached hydrogen (secondary N) is 1. The molecule has 46 heavy (non-hydrogen) atoms. The Bertz CT molecular complexity index is 1480. The molecule has 2 N–H and O–H groups in total. The molecule has 2 aliphatic heterocycles. The summed E-state index contributed by atoms with van der Waals surface area (Å²) in [6, 6.07) is 2.61. The van der Waals surface area contributed by atoms with E-state index in [1.165, 1.54) is 12.4 Å². The molecule has 2 aliphatic rings. The van der Waals surface area contributed by atoms with Gasteiger partial charge in [-0.15, -0.1) is 37.2 Å². The summed E-state index contributed by atoms with van der Waals surface area (Å²) >= 11 is 1.13. The Kier molecular flexibility index (Phi) is 14.4. The monoisotopic (exact) mass is 729 g/mol. The average Bonchev–Trinajstić information content (AvgIpc) is 3.56. The molecular weight excluding hydrogens is 697 g/mol. The van der Waals surface area contributed by atoms with Gasteiger partial charge in [0.1, 0.15) is 17.3 Å². The minimum Gasteiger partial charge on any atom is -0.481 e. The molecule has 5 rings (SSSR count). The first-order valence-corrected chi connectivity index (χ1v) is 14.7. The Morgan fingerprint density at radius 2 is 1.76 bits per heavy atom. The molecule has 0 aliphatic carbocycles. The number of alkyl halides is 3. The lowest BCUT2D eigenvalue weighted by Crippen LogP contribution is -2.47. The van der Waals surface area contributed by atoms with Gasteiger partial charge in [0.15, 0.2) is 5.13 Å². The van der Waals surface area contributed by atoms with E-state index in [0.717, 1.165) is 42.9 Å². The van der Waals surface area contributed by atoms with Crippen LogP contribution in [-0.2, 0) is 17.5 Å². The molecule has 3 aromatic rings. The summed E-state index contributed by atoms with van der Waals surface area (Å²) in [7, 11) is 0. The molecule has 0 radical (unpaired) electrons. The molecule has 0 spiro atoms. The van der Waals surface area contributed by atoms with Gasteiger partial charge in [0.25, 0.3) is 5.91 Å². The zero-order valence-corrected chi connectivity index (χ0v) is 27.9. The second kappa shape index (κ2) is 16.8. The maximum Gasteiger partial charge on any atom is 0.416 e. The van der Waals surface area contributed by atoms with E-state index >= 15 is 0 Å². The molecule has 4 heterocycles. The summed E-state index contributed by atoms with van der Waals surface area (Å²) in [5, 5.41) is 11.7. The fraction of sp³-hybridized carbons (Fsp3) is 0.464. The Morgan fingerprint density at radius 1 is 1.04 bits per heavy atom.